The van der Waals surface area contributed by atoms with Crippen molar-refractivity contribution in [2.75, 3.05) is 11.9 Å². The Labute approximate surface area is 90.3 Å². The number of nitrogens with zero attached hydrogens (tertiary/aromatic N) is 1. The van der Waals surface area contributed by atoms with Gasteiger partial charge in [-0.05, 0) is 12.1 Å². The monoisotopic (exact) mass is 222 g/mol. The Kier molecular flexibility index (Phi) is 2.91. The van der Waals surface area contributed by atoms with Gasteiger partial charge in [-0.1, -0.05) is 23.5 Å². The maximum absolute atomic E-state index is 11.2. The van der Waals surface area contributed by atoms with Gasteiger partial charge in [-0.2, -0.15) is 0 Å². The Morgan fingerprint density at radius 1 is 1.47 bits per heavy atom. The van der Waals surface area contributed by atoms with Crippen LogP contribution in [0, 0.1) is 0 Å². The topological polar surface area (TPSA) is 80.0 Å². The van der Waals surface area contributed by atoms with Crippen LogP contribution in [0.3, 0.4) is 0 Å². The van der Waals surface area contributed by atoms with Gasteiger partial charge in [0.25, 0.3) is 0 Å². The van der Waals surface area contributed by atoms with Gasteiger partial charge in [-0.15, -0.1) is 0 Å². The van der Waals surface area contributed by atoms with Gasteiger partial charge < -0.3 is 5.32 Å². The van der Waals surface area contributed by atoms with Crippen molar-refractivity contribution in [2.24, 2.45) is 5.84 Å². The summed E-state index contributed by atoms with van der Waals surface area (Å²) in [5.41, 5.74) is 3.17. The average Bonchev–Trinajstić information content (AvgIpc) is 2.59. The molecule has 1 aromatic carbocycles. The lowest BCUT2D eigenvalue weighted by Gasteiger charge is -1.98. The van der Waals surface area contributed by atoms with Crippen molar-refractivity contribution in [3.63, 3.8) is 0 Å². The first-order valence-corrected chi connectivity index (χ1v) is 5.20. The van der Waals surface area contributed by atoms with Crippen molar-refractivity contribution in [1.29, 1.82) is 0 Å². The molecule has 0 aliphatic heterocycles. The number of para-hydroxylation sites is 1. The molecule has 0 bridgehead atoms. The van der Waals surface area contributed by atoms with Crippen LogP contribution in [0.2, 0.25) is 0 Å². The number of benzene rings is 1. The van der Waals surface area contributed by atoms with Crippen molar-refractivity contribution in [1.82, 2.24) is 10.4 Å². The van der Waals surface area contributed by atoms with E-state index in [1.165, 1.54) is 11.3 Å². The number of carbonyl (C=O) groups excluding carboxylic acids is 1. The molecule has 0 spiro atoms. The Morgan fingerprint density at radius 2 is 2.27 bits per heavy atom. The number of aromatic nitrogens is 1. The van der Waals surface area contributed by atoms with Crippen molar-refractivity contribution in [3.05, 3.63) is 24.3 Å². The van der Waals surface area contributed by atoms with Crippen LogP contribution >= 0.6 is 11.3 Å². The van der Waals surface area contributed by atoms with Crippen LogP contribution in [0.25, 0.3) is 10.2 Å². The van der Waals surface area contributed by atoms with E-state index in [9.17, 15) is 4.79 Å². The molecule has 2 aromatic rings. The molecule has 4 N–H and O–H groups in total. The van der Waals surface area contributed by atoms with Crippen LogP contribution < -0.4 is 16.6 Å². The fourth-order valence-corrected chi connectivity index (χ4v) is 2.06. The molecule has 0 atom stereocenters. The number of nitrogens with two attached hydrogens (primary N) is 1. The number of anilines is 1. The molecule has 15 heavy (non-hydrogen) atoms. The van der Waals surface area contributed by atoms with Gasteiger partial charge in [0, 0.05) is 0 Å². The number of amides is 1. The van der Waals surface area contributed by atoms with Crippen LogP contribution in [0.1, 0.15) is 0 Å². The van der Waals surface area contributed by atoms with E-state index in [-0.39, 0.29) is 12.5 Å². The number of rotatable bonds is 3. The maximum Gasteiger partial charge on any atom is 0.241 e. The number of carbonyl (C=O) groups is 1. The highest BCUT2D eigenvalue weighted by atomic mass is 32.1. The summed E-state index contributed by atoms with van der Waals surface area (Å²) in [5.74, 6) is 4.83. The molecular weight excluding hydrogens is 212 g/mol. The van der Waals surface area contributed by atoms with Crippen molar-refractivity contribution < 1.29 is 4.79 Å². The van der Waals surface area contributed by atoms with Gasteiger partial charge in [0.2, 0.25) is 5.91 Å². The summed E-state index contributed by atoms with van der Waals surface area (Å²) < 4.78 is 1.05. The molecule has 78 valence electrons. The van der Waals surface area contributed by atoms with E-state index in [1.54, 1.807) is 0 Å². The number of nitrogens with one attached hydrogen (secondary N) is 2. The zero-order valence-electron chi connectivity index (χ0n) is 7.86. The molecule has 0 saturated heterocycles. The lowest BCUT2D eigenvalue weighted by atomic mass is 10.3. The molecule has 2 rings (SSSR count). The van der Waals surface area contributed by atoms with Crippen LogP contribution in [-0.2, 0) is 4.79 Å². The Hall–Kier alpha value is -1.50. The third-order valence-corrected chi connectivity index (χ3v) is 2.75. The van der Waals surface area contributed by atoms with Crippen molar-refractivity contribution in [2.45, 2.75) is 0 Å². The predicted molar refractivity (Wildman–Crippen MR) is 60.4 cm³/mol. The van der Waals surface area contributed by atoms with E-state index in [0.29, 0.717) is 5.13 Å². The number of thiazole rings is 1. The van der Waals surface area contributed by atoms with Gasteiger partial charge >= 0.3 is 0 Å². The minimum absolute atomic E-state index is 0.0793. The molecule has 0 aliphatic carbocycles. The minimum atomic E-state index is -0.198. The summed E-state index contributed by atoms with van der Waals surface area (Å²) in [6, 6.07) is 7.72. The van der Waals surface area contributed by atoms with Crippen molar-refractivity contribution in [3.8, 4) is 0 Å². The summed E-state index contributed by atoms with van der Waals surface area (Å²) in [7, 11) is 0. The van der Waals surface area contributed by atoms with E-state index < -0.39 is 0 Å². The van der Waals surface area contributed by atoms with Crippen LogP contribution in [0.4, 0.5) is 5.13 Å². The zero-order chi connectivity index (χ0) is 10.7. The van der Waals surface area contributed by atoms with Gasteiger partial charge in [-0.3, -0.25) is 16.1 Å². The molecule has 0 aliphatic rings. The highest BCUT2D eigenvalue weighted by Gasteiger charge is 2.05. The molecule has 1 aromatic heterocycles. The van der Waals surface area contributed by atoms with E-state index in [4.69, 9.17) is 5.84 Å². The van der Waals surface area contributed by atoms with Gasteiger partial charge in [0.05, 0.1) is 16.8 Å². The summed E-state index contributed by atoms with van der Waals surface area (Å²) in [5, 5.41) is 3.25. The number of hydrazine groups is 1. The molecule has 6 heteroatoms. The number of hydrogen-bond donors (Lipinski definition) is 3. The second-order valence-electron chi connectivity index (χ2n) is 2.92. The van der Waals surface area contributed by atoms with E-state index in [1.807, 2.05) is 24.3 Å². The molecule has 5 nitrogen and oxygen atoms in total. The summed E-state index contributed by atoms with van der Waals surface area (Å²) in [4.78, 5) is 15.5. The molecule has 0 fully saturated rings. The molecule has 0 saturated carbocycles. The first-order chi connectivity index (χ1) is 7.29. The smallest absolute Gasteiger partial charge is 0.241 e. The number of hydrogen-bond acceptors (Lipinski definition) is 5. The maximum atomic E-state index is 11.2. The summed E-state index contributed by atoms with van der Waals surface area (Å²) >= 11 is 1.44. The summed E-state index contributed by atoms with van der Waals surface area (Å²) in [6.45, 7) is 0.0793. The fraction of sp³-hybridized carbons (Fsp3) is 0.111. The Bertz CT molecular complexity index is 449. The fourth-order valence-electron chi connectivity index (χ4n) is 1.18. The van der Waals surface area contributed by atoms with Crippen molar-refractivity contribution >= 4 is 32.6 Å². The first-order valence-electron chi connectivity index (χ1n) is 4.38. The first kappa shape index (κ1) is 10.0. The second kappa shape index (κ2) is 4.35. The SMILES string of the molecule is NNCC(=O)Nc1nc2ccccc2s1. The highest BCUT2D eigenvalue weighted by Crippen LogP contribution is 2.24. The lowest BCUT2D eigenvalue weighted by Crippen LogP contribution is -2.32. The quantitative estimate of drug-likeness (QED) is 0.527. The third kappa shape index (κ3) is 2.30. The molecular formula is C9H10N4OS. The van der Waals surface area contributed by atoms with Gasteiger partial charge in [-0.25, -0.2) is 4.98 Å². The normalized spacial score (nSPS) is 10.5. The molecule has 1 amide bonds. The Balaban J connectivity index is 2.18. The van der Waals surface area contributed by atoms with E-state index in [2.05, 4.69) is 15.7 Å². The largest absolute Gasteiger partial charge is 0.301 e. The van der Waals surface area contributed by atoms with E-state index >= 15 is 0 Å². The van der Waals surface area contributed by atoms with Crippen LogP contribution in [0.5, 0.6) is 0 Å². The average molecular weight is 222 g/mol. The predicted octanol–water partition coefficient (Wildman–Crippen LogP) is 0.698. The van der Waals surface area contributed by atoms with Crippen LogP contribution in [0.15, 0.2) is 24.3 Å². The minimum Gasteiger partial charge on any atom is -0.301 e. The highest BCUT2D eigenvalue weighted by molar-refractivity contribution is 7.22. The standard InChI is InChI=1S/C9H10N4OS/c10-11-5-8(14)13-9-12-6-3-1-2-4-7(6)15-9/h1-4,11H,5,10H2,(H,12,13,14). The Morgan fingerprint density at radius 3 is 3.00 bits per heavy atom. The second-order valence-corrected chi connectivity index (χ2v) is 3.95. The zero-order valence-corrected chi connectivity index (χ0v) is 8.67. The molecule has 0 unspecified atom stereocenters. The van der Waals surface area contributed by atoms with E-state index in [0.717, 1.165) is 10.2 Å². The summed E-state index contributed by atoms with van der Waals surface area (Å²) in [6.07, 6.45) is 0. The lowest BCUT2D eigenvalue weighted by molar-refractivity contribution is -0.115. The third-order valence-electron chi connectivity index (χ3n) is 1.80. The molecule has 0 radical (unpaired) electrons. The van der Waals surface area contributed by atoms with Gasteiger partial charge in [0.1, 0.15) is 0 Å². The van der Waals surface area contributed by atoms with Crippen LogP contribution in [-0.4, -0.2) is 17.4 Å². The molecule has 1 heterocycles. The van der Waals surface area contributed by atoms with Gasteiger partial charge in [0.15, 0.2) is 5.13 Å². The number of fused-ring (bicyclic) bond motifs is 1.